The number of benzene rings is 1. The van der Waals surface area contributed by atoms with Crippen molar-refractivity contribution in [2.45, 2.75) is 13.8 Å². The summed E-state index contributed by atoms with van der Waals surface area (Å²) < 4.78 is 5.20. The van der Waals surface area contributed by atoms with Crippen LogP contribution in [0.25, 0.3) is 0 Å². The maximum Gasteiger partial charge on any atom is 0.272 e. The first-order valence-corrected chi connectivity index (χ1v) is 6.17. The van der Waals surface area contributed by atoms with Crippen molar-refractivity contribution < 1.29 is 14.3 Å². The van der Waals surface area contributed by atoms with Gasteiger partial charge in [-0.05, 0) is 36.8 Å². The van der Waals surface area contributed by atoms with E-state index in [1.807, 2.05) is 19.1 Å². The van der Waals surface area contributed by atoms with Crippen LogP contribution in [0.2, 0.25) is 0 Å². The fourth-order valence-corrected chi connectivity index (χ4v) is 1.84. The molecule has 1 heterocycles. The van der Waals surface area contributed by atoms with Gasteiger partial charge in [0.2, 0.25) is 0 Å². The lowest BCUT2D eigenvalue weighted by molar-refractivity contribution is 0.101. The number of amides is 1. The molecule has 2 rings (SSSR count). The van der Waals surface area contributed by atoms with Gasteiger partial charge in [-0.25, -0.2) is 0 Å². The lowest BCUT2D eigenvalue weighted by Crippen LogP contribution is -2.13. The van der Waals surface area contributed by atoms with Gasteiger partial charge >= 0.3 is 0 Å². The second-order valence-electron chi connectivity index (χ2n) is 4.50. The quantitative estimate of drug-likeness (QED) is 0.841. The first kappa shape index (κ1) is 13.9. The molecule has 1 aromatic carbocycles. The summed E-state index contributed by atoms with van der Waals surface area (Å²) in [6, 6.07) is 8.68. The molecule has 0 atom stereocenters. The summed E-state index contributed by atoms with van der Waals surface area (Å²) in [6.07, 6.45) is 0. The number of carbonyl (C=O) groups excluding carboxylic acids is 2. The van der Waals surface area contributed by atoms with Gasteiger partial charge in [0, 0.05) is 6.92 Å². The van der Waals surface area contributed by atoms with Gasteiger partial charge in [-0.15, -0.1) is 0 Å². The Hall–Kier alpha value is -2.56. The van der Waals surface area contributed by atoms with E-state index in [0.29, 0.717) is 22.8 Å². The molecule has 0 unspecified atom stereocenters. The van der Waals surface area contributed by atoms with Crippen molar-refractivity contribution in [3.8, 4) is 5.75 Å². The molecule has 2 N–H and O–H groups in total. The van der Waals surface area contributed by atoms with Gasteiger partial charge in [0.15, 0.2) is 5.78 Å². The molecule has 2 aromatic rings. The average Bonchev–Trinajstić information content (AvgIpc) is 2.89. The molecule has 0 aliphatic rings. The van der Waals surface area contributed by atoms with E-state index in [1.54, 1.807) is 25.3 Å². The molecule has 0 aliphatic heterocycles. The third-order valence-corrected chi connectivity index (χ3v) is 2.91. The van der Waals surface area contributed by atoms with Crippen molar-refractivity contribution >= 4 is 17.4 Å². The van der Waals surface area contributed by atoms with E-state index in [4.69, 9.17) is 4.74 Å². The van der Waals surface area contributed by atoms with E-state index in [1.165, 1.54) is 6.92 Å². The van der Waals surface area contributed by atoms with Crippen LogP contribution in [-0.2, 0) is 0 Å². The highest BCUT2D eigenvalue weighted by Gasteiger charge is 2.13. The number of H-pyrrole nitrogens is 1. The van der Waals surface area contributed by atoms with Gasteiger partial charge in [-0.2, -0.15) is 0 Å². The number of methoxy groups -OCH3 is 1. The number of carbonyl (C=O) groups is 2. The van der Waals surface area contributed by atoms with Crippen molar-refractivity contribution in [1.82, 2.24) is 4.98 Å². The Kier molecular flexibility index (Phi) is 3.89. The molecule has 1 amide bonds. The minimum absolute atomic E-state index is 0.114. The second-order valence-corrected chi connectivity index (χ2v) is 4.50. The fourth-order valence-electron chi connectivity index (χ4n) is 1.84. The summed E-state index contributed by atoms with van der Waals surface area (Å²) >= 11 is 0. The SMILES string of the molecule is COc1ccc(C)cc1NC(=O)c1ccc(C(C)=O)[nH]1. The van der Waals surface area contributed by atoms with E-state index in [2.05, 4.69) is 10.3 Å². The molecule has 20 heavy (non-hydrogen) atoms. The lowest BCUT2D eigenvalue weighted by Gasteiger charge is -2.10. The number of hydrogen-bond acceptors (Lipinski definition) is 3. The summed E-state index contributed by atoms with van der Waals surface area (Å²) in [5.74, 6) is 0.154. The molecule has 0 spiro atoms. The van der Waals surface area contributed by atoms with E-state index in [-0.39, 0.29) is 11.7 Å². The molecule has 5 nitrogen and oxygen atoms in total. The van der Waals surface area contributed by atoms with E-state index >= 15 is 0 Å². The highest BCUT2D eigenvalue weighted by atomic mass is 16.5. The summed E-state index contributed by atoms with van der Waals surface area (Å²) in [4.78, 5) is 26.1. The Morgan fingerprint density at radius 2 is 1.85 bits per heavy atom. The van der Waals surface area contributed by atoms with Crippen LogP contribution in [0.3, 0.4) is 0 Å². The average molecular weight is 272 g/mol. The first-order valence-electron chi connectivity index (χ1n) is 6.17. The lowest BCUT2D eigenvalue weighted by atomic mass is 10.2. The summed E-state index contributed by atoms with van der Waals surface area (Å²) in [7, 11) is 1.54. The van der Waals surface area contributed by atoms with Crippen molar-refractivity contribution in [3.05, 3.63) is 47.3 Å². The van der Waals surface area contributed by atoms with Crippen LogP contribution in [0.1, 0.15) is 33.5 Å². The number of aromatic nitrogens is 1. The van der Waals surface area contributed by atoms with E-state index < -0.39 is 0 Å². The first-order chi connectivity index (χ1) is 9.51. The monoisotopic (exact) mass is 272 g/mol. The normalized spacial score (nSPS) is 10.2. The van der Waals surface area contributed by atoms with Gasteiger partial charge in [0.25, 0.3) is 5.91 Å². The summed E-state index contributed by atoms with van der Waals surface area (Å²) in [5.41, 5.74) is 2.35. The predicted octanol–water partition coefficient (Wildman–Crippen LogP) is 2.79. The molecule has 5 heteroatoms. The number of anilines is 1. The fraction of sp³-hybridized carbons (Fsp3) is 0.200. The minimum Gasteiger partial charge on any atom is -0.495 e. The number of ketones is 1. The van der Waals surface area contributed by atoms with E-state index in [0.717, 1.165) is 5.56 Å². The highest BCUT2D eigenvalue weighted by molar-refractivity contribution is 6.05. The molecular weight excluding hydrogens is 256 g/mol. The maximum atomic E-state index is 12.1. The van der Waals surface area contributed by atoms with Crippen LogP contribution < -0.4 is 10.1 Å². The van der Waals surface area contributed by atoms with E-state index in [9.17, 15) is 9.59 Å². The Labute approximate surface area is 117 Å². The Balaban J connectivity index is 2.22. The topological polar surface area (TPSA) is 71.2 Å². The largest absolute Gasteiger partial charge is 0.495 e. The van der Waals surface area contributed by atoms with Crippen molar-refractivity contribution in [3.63, 3.8) is 0 Å². The van der Waals surface area contributed by atoms with Crippen LogP contribution in [0.5, 0.6) is 5.75 Å². The zero-order chi connectivity index (χ0) is 14.7. The predicted molar refractivity (Wildman–Crippen MR) is 76.5 cm³/mol. The van der Waals surface area contributed by atoms with Gasteiger partial charge < -0.3 is 15.0 Å². The molecular formula is C15H16N2O3. The molecule has 0 saturated carbocycles. The molecule has 0 radical (unpaired) electrons. The van der Waals surface area contributed by atoms with Crippen molar-refractivity contribution in [1.29, 1.82) is 0 Å². The van der Waals surface area contributed by atoms with Crippen LogP contribution >= 0.6 is 0 Å². The Morgan fingerprint density at radius 3 is 2.45 bits per heavy atom. The molecule has 0 fully saturated rings. The number of ether oxygens (including phenoxy) is 1. The van der Waals surface area contributed by atoms with Crippen LogP contribution in [-0.4, -0.2) is 23.8 Å². The van der Waals surface area contributed by atoms with Crippen LogP contribution in [0, 0.1) is 6.92 Å². The third kappa shape index (κ3) is 2.88. The maximum absolute atomic E-state index is 12.1. The Bertz CT molecular complexity index is 659. The van der Waals surface area contributed by atoms with Gasteiger partial charge in [-0.1, -0.05) is 6.07 Å². The summed E-state index contributed by atoms with van der Waals surface area (Å²) in [5, 5.41) is 2.76. The smallest absolute Gasteiger partial charge is 0.272 e. The zero-order valence-corrected chi connectivity index (χ0v) is 11.6. The molecule has 0 saturated heterocycles. The van der Waals surface area contributed by atoms with Crippen LogP contribution in [0.15, 0.2) is 30.3 Å². The molecule has 0 aliphatic carbocycles. The zero-order valence-electron chi connectivity index (χ0n) is 11.6. The number of nitrogens with one attached hydrogen (secondary N) is 2. The number of rotatable bonds is 4. The number of aryl methyl sites for hydroxylation is 1. The molecule has 104 valence electrons. The van der Waals surface area contributed by atoms with Crippen molar-refractivity contribution in [2.24, 2.45) is 0 Å². The number of hydrogen-bond donors (Lipinski definition) is 2. The summed E-state index contributed by atoms with van der Waals surface area (Å²) in [6.45, 7) is 3.37. The standard InChI is InChI=1S/C15H16N2O3/c1-9-4-7-14(20-3)13(8-9)17-15(19)12-6-5-11(16-12)10(2)18/h4-8,16H,1-3H3,(H,17,19). The number of aromatic amines is 1. The minimum atomic E-state index is -0.318. The highest BCUT2D eigenvalue weighted by Crippen LogP contribution is 2.25. The Morgan fingerprint density at radius 1 is 1.15 bits per heavy atom. The molecule has 0 bridgehead atoms. The second kappa shape index (κ2) is 5.61. The van der Waals surface area contributed by atoms with Gasteiger partial charge in [0.1, 0.15) is 11.4 Å². The van der Waals surface area contributed by atoms with Crippen LogP contribution in [0.4, 0.5) is 5.69 Å². The van der Waals surface area contributed by atoms with Crippen molar-refractivity contribution in [2.75, 3.05) is 12.4 Å². The molecule has 1 aromatic heterocycles. The number of Topliss-reactive ketones (excluding diaryl/α,β-unsaturated/α-hetero) is 1. The van der Waals surface area contributed by atoms with Gasteiger partial charge in [-0.3, -0.25) is 9.59 Å². The third-order valence-electron chi connectivity index (χ3n) is 2.91. The van der Waals surface area contributed by atoms with Gasteiger partial charge in [0.05, 0.1) is 18.5 Å².